The molecule has 0 aliphatic carbocycles. The molecule has 0 spiro atoms. The van der Waals surface area contributed by atoms with E-state index in [2.05, 4.69) is 10.6 Å². The summed E-state index contributed by atoms with van der Waals surface area (Å²) in [6.45, 7) is 0. The van der Waals surface area contributed by atoms with Crippen LogP contribution in [-0.2, 0) is 23.7 Å². The number of hydrogen-bond acceptors (Lipinski definition) is 5. The van der Waals surface area contributed by atoms with E-state index in [9.17, 15) is 23.7 Å². The van der Waals surface area contributed by atoms with Gasteiger partial charge < -0.3 is 25.4 Å². The van der Waals surface area contributed by atoms with Gasteiger partial charge in [-0.1, -0.05) is 54.6 Å². The predicted octanol–water partition coefficient (Wildman–Crippen LogP) is 2.48. The van der Waals surface area contributed by atoms with E-state index in [1.165, 1.54) is 0 Å². The van der Waals surface area contributed by atoms with E-state index in [-0.39, 0.29) is 0 Å². The van der Waals surface area contributed by atoms with E-state index in [1.807, 2.05) is 0 Å². The summed E-state index contributed by atoms with van der Waals surface area (Å²) in [4.78, 5) is 45.4. The van der Waals surface area contributed by atoms with Gasteiger partial charge in [-0.15, -0.1) is 0 Å². The molecule has 0 heterocycles. The summed E-state index contributed by atoms with van der Waals surface area (Å²) in [6.07, 6.45) is 3.16. The van der Waals surface area contributed by atoms with E-state index in [4.69, 9.17) is 10.2 Å². The van der Waals surface area contributed by atoms with Crippen molar-refractivity contribution in [3.8, 4) is 0 Å². The van der Waals surface area contributed by atoms with Crippen molar-refractivity contribution in [3.63, 3.8) is 0 Å². The molecule has 0 fully saturated rings. The molecule has 0 aliphatic rings. The predicted molar refractivity (Wildman–Crippen MR) is 137 cm³/mol. The number of nitrogens with one attached hydrogen (secondary N) is 2. The standard InChI is InChI=1S/C26H21N2O7P/c29-23(12-14-25(31)32)27-18-6-4-10-21(16-18)36(35,20-8-2-1-3-9-20)22-11-5-7-19(17-22)28-24(30)13-15-26(33)34/h1-17H,(H,27,29)(H,28,30)(H,31,32)(H,33,34)/b14-12+,15-13+. The lowest BCUT2D eigenvalue weighted by Gasteiger charge is -2.21. The molecular formula is C26H21N2O7P. The molecule has 4 N–H and O–H groups in total. The van der Waals surface area contributed by atoms with Crippen LogP contribution in [0, 0.1) is 0 Å². The Hall–Kier alpha value is -4.75. The maximum absolute atomic E-state index is 14.7. The molecule has 3 aromatic carbocycles. The molecule has 36 heavy (non-hydrogen) atoms. The van der Waals surface area contributed by atoms with E-state index in [1.54, 1.807) is 78.9 Å². The average molecular weight is 504 g/mol. The SMILES string of the molecule is O=C(O)/C=C/C(=O)Nc1cccc(P(=O)(c2ccccc2)c2cccc(NC(=O)/C=C/C(=O)O)c2)c1. The Balaban J connectivity index is 2.03. The number of rotatable bonds is 9. The van der Waals surface area contributed by atoms with Gasteiger partial charge in [0.2, 0.25) is 11.8 Å². The molecule has 9 nitrogen and oxygen atoms in total. The maximum atomic E-state index is 14.7. The fraction of sp³-hybridized carbons (Fsp3) is 0. The lowest BCUT2D eigenvalue weighted by Crippen LogP contribution is -2.26. The third kappa shape index (κ3) is 6.65. The Morgan fingerprint density at radius 3 is 1.42 bits per heavy atom. The highest BCUT2D eigenvalue weighted by Crippen LogP contribution is 2.43. The van der Waals surface area contributed by atoms with Crippen LogP contribution in [-0.4, -0.2) is 34.0 Å². The fourth-order valence-corrected chi connectivity index (χ4v) is 6.03. The molecule has 0 unspecified atom stereocenters. The van der Waals surface area contributed by atoms with Crippen LogP contribution in [0.5, 0.6) is 0 Å². The Kier molecular flexibility index (Phi) is 8.33. The Morgan fingerprint density at radius 2 is 1.00 bits per heavy atom. The van der Waals surface area contributed by atoms with Crippen molar-refractivity contribution in [2.24, 2.45) is 0 Å². The van der Waals surface area contributed by atoms with E-state index in [0.29, 0.717) is 39.4 Å². The molecule has 0 aromatic heterocycles. The maximum Gasteiger partial charge on any atom is 0.328 e. The number of anilines is 2. The van der Waals surface area contributed by atoms with Crippen LogP contribution < -0.4 is 26.5 Å². The summed E-state index contributed by atoms with van der Waals surface area (Å²) in [5.74, 6) is -3.86. The van der Waals surface area contributed by atoms with Gasteiger partial charge in [-0.2, -0.15) is 0 Å². The number of hydrogen-bond donors (Lipinski definition) is 4. The van der Waals surface area contributed by atoms with Crippen molar-refractivity contribution in [1.29, 1.82) is 0 Å². The summed E-state index contributed by atoms with van der Waals surface area (Å²) in [6, 6.07) is 21.5. The largest absolute Gasteiger partial charge is 0.478 e. The first-order chi connectivity index (χ1) is 17.2. The molecule has 0 atom stereocenters. The number of carboxylic acids is 2. The minimum Gasteiger partial charge on any atom is -0.478 e. The first-order valence-corrected chi connectivity index (χ1v) is 12.2. The first kappa shape index (κ1) is 25.9. The molecule has 0 radical (unpaired) electrons. The lowest BCUT2D eigenvalue weighted by molar-refractivity contribution is -0.132. The Bertz CT molecular complexity index is 1330. The molecule has 3 aromatic rings. The molecule has 0 saturated heterocycles. The third-order valence-electron chi connectivity index (χ3n) is 4.83. The number of benzene rings is 3. The van der Waals surface area contributed by atoms with Crippen molar-refractivity contribution >= 4 is 58.2 Å². The Labute approximate surface area is 206 Å². The van der Waals surface area contributed by atoms with Crippen molar-refractivity contribution in [3.05, 3.63) is 103 Å². The second-order valence-corrected chi connectivity index (χ2v) is 10.1. The second-order valence-electron chi connectivity index (χ2n) is 7.37. The van der Waals surface area contributed by atoms with Gasteiger partial charge in [-0.25, -0.2) is 9.59 Å². The summed E-state index contributed by atoms with van der Waals surface area (Å²) < 4.78 is 14.7. The van der Waals surface area contributed by atoms with Crippen molar-refractivity contribution in [2.75, 3.05) is 10.6 Å². The third-order valence-corrected chi connectivity index (χ3v) is 7.87. The van der Waals surface area contributed by atoms with Crippen molar-refractivity contribution in [2.45, 2.75) is 0 Å². The van der Waals surface area contributed by atoms with E-state index < -0.39 is 30.9 Å². The van der Waals surface area contributed by atoms with Crippen LogP contribution in [0.25, 0.3) is 0 Å². The van der Waals surface area contributed by atoms with Gasteiger partial charge in [0.15, 0.2) is 7.14 Å². The second kappa shape index (κ2) is 11.6. The van der Waals surface area contributed by atoms with Crippen LogP contribution in [0.1, 0.15) is 0 Å². The molecule has 182 valence electrons. The zero-order valence-electron chi connectivity index (χ0n) is 18.7. The molecule has 10 heteroatoms. The number of amides is 2. The van der Waals surface area contributed by atoms with Crippen LogP contribution in [0.15, 0.2) is 103 Å². The summed E-state index contributed by atoms with van der Waals surface area (Å²) in [7, 11) is -3.51. The van der Waals surface area contributed by atoms with Gasteiger partial charge >= 0.3 is 11.9 Å². The van der Waals surface area contributed by atoms with E-state index in [0.717, 1.165) is 12.2 Å². The van der Waals surface area contributed by atoms with Gasteiger partial charge in [0.05, 0.1) is 0 Å². The van der Waals surface area contributed by atoms with Crippen molar-refractivity contribution < 1.29 is 34.0 Å². The minimum absolute atomic E-state index is 0.312. The van der Waals surface area contributed by atoms with Gasteiger partial charge in [0.1, 0.15) is 0 Å². The first-order valence-electron chi connectivity index (χ1n) is 10.5. The van der Waals surface area contributed by atoms with Crippen LogP contribution in [0.3, 0.4) is 0 Å². The van der Waals surface area contributed by atoms with Gasteiger partial charge in [-0.05, 0) is 24.3 Å². The normalized spacial score (nSPS) is 11.3. The summed E-state index contributed by atoms with van der Waals surface area (Å²) in [5.41, 5.74) is 0.624. The topological polar surface area (TPSA) is 150 Å². The van der Waals surface area contributed by atoms with Gasteiger partial charge in [0, 0.05) is 51.6 Å². The van der Waals surface area contributed by atoms with Gasteiger partial charge in [-0.3, -0.25) is 9.59 Å². The van der Waals surface area contributed by atoms with Crippen LogP contribution in [0.4, 0.5) is 11.4 Å². The van der Waals surface area contributed by atoms with Crippen LogP contribution >= 0.6 is 7.14 Å². The lowest BCUT2D eigenvalue weighted by atomic mass is 10.3. The quantitative estimate of drug-likeness (QED) is 0.258. The highest BCUT2D eigenvalue weighted by Gasteiger charge is 2.30. The molecule has 0 bridgehead atoms. The smallest absolute Gasteiger partial charge is 0.328 e. The molecule has 2 amide bonds. The van der Waals surface area contributed by atoms with E-state index >= 15 is 0 Å². The monoisotopic (exact) mass is 504 g/mol. The zero-order valence-corrected chi connectivity index (χ0v) is 19.6. The highest BCUT2D eigenvalue weighted by atomic mass is 31.2. The number of carboxylic acid groups (broad SMARTS) is 2. The number of carbonyl (C=O) groups is 4. The molecule has 0 aliphatic heterocycles. The fourth-order valence-electron chi connectivity index (χ4n) is 3.31. The Morgan fingerprint density at radius 1 is 0.583 bits per heavy atom. The average Bonchev–Trinajstić information content (AvgIpc) is 2.86. The molecule has 0 saturated carbocycles. The zero-order chi connectivity index (χ0) is 26.1. The molecule has 3 rings (SSSR count). The number of aliphatic carboxylic acids is 2. The van der Waals surface area contributed by atoms with Crippen molar-refractivity contribution in [1.82, 2.24) is 0 Å². The minimum atomic E-state index is -3.51. The molecular weight excluding hydrogens is 483 g/mol. The van der Waals surface area contributed by atoms with Gasteiger partial charge in [0.25, 0.3) is 0 Å². The number of carbonyl (C=O) groups excluding carboxylic acids is 2. The summed E-state index contributed by atoms with van der Waals surface area (Å²) in [5, 5.41) is 23.8. The summed E-state index contributed by atoms with van der Waals surface area (Å²) >= 11 is 0. The highest BCUT2D eigenvalue weighted by molar-refractivity contribution is 7.85. The van der Waals surface area contributed by atoms with Crippen LogP contribution in [0.2, 0.25) is 0 Å².